The highest BCUT2D eigenvalue weighted by atomic mass is 28.3. The molecule has 1 fully saturated rings. The van der Waals surface area contributed by atoms with Crippen molar-refractivity contribution >= 4 is 24.9 Å². The van der Waals surface area contributed by atoms with Crippen LogP contribution >= 0.6 is 0 Å². The van der Waals surface area contributed by atoms with E-state index in [0.29, 0.717) is 39.5 Å². The van der Waals surface area contributed by atoms with Crippen molar-refractivity contribution in [2.24, 2.45) is 0 Å². The van der Waals surface area contributed by atoms with Crippen molar-refractivity contribution in [3.63, 3.8) is 0 Å². The number of ether oxygens (including phenoxy) is 6. The molecule has 280 valence electrons. The summed E-state index contributed by atoms with van der Waals surface area (Å²) in [6.45, 7) is 17.0. The lowest BCUT2D eigenvalue weighted by Gasteiger charge is -2.39. The molecule has 1 aliphatic heterocycles. The third kappa shape index (κ3) is 13.0. The van der Waals surface area contributed by atoms with E-state index in [4.69, 9.17) is 28.4 Å². The van der Waals surface area contributed by atoms with E-state index >= 15 is 0 Å². The Kier molecular flexibility index (Phi) is 14.2. The summed E-state index contributed by atoms with van der Waals surface area (Å²) in [7, 11) is -1.12. The molecule has 2 atom stereocenters. The van der Waals surface area contributed by atoms with Crippen LogP contribution in [0.4, 0.5) is 4.79 Å². The molecule has 5 rings (SSSR count). The molecule has 0 aliphatic carbocycles. The summed E-state index contributed by atoms with van der Waals surface area (Å²) in [6, 6.07) is 32.1. The zero-order valence-electron chi connectivity index (χ0n) is 31.9. The summed E-state index contributed by atoms with van der Waals surface area (Å²) in [5.41, 5.74) is 2.85. The molecule has 1 heterocycles. The Bertz CT molecular complexity index is 1680. The second kappa shape index (κ2) is 18.7. The van der Waals surface area contributed by atoms with Crippen LogP contribution in [0.15, 0.2) is 91.0 Å². The molecule has 9 heteroatoms. The molecular formula is C43H57NO7Si. The lowest BCUT2D eigenvalue weighted by Crippen LogP contribution is -2.48. The number of hydrogen-bond donors (Lipinski definition) is 0. The third-order valence-corrected chi connectivity index (χ3v) is 10.7. The summed E-state index contributed by atoms with van der Waals surface area (Å²) < 4.78 is 35.8. The van der Waals surface area contributed by atoms with Crippen LogP contribution in [0.3, 0.4) is 0 Å². The number of amides is 1. The third-order valence-electron chi connectivity index (χ3n) is 8.98. The largest absolute Gasteiger partial charge is 0.494 e. The second-order valence-electron chi connectivity index (χ2n) is 15.8. The zero-order valence-corrected chi connectivity index (χ0v) is 32.9. The number of carbonyl (C=O) groups is 1. The van der Waals surface area contributed by atoms with Crippen LogP contribution in [0, 0.1) is 0 Å². The molecule has 52 heavy (non-hydrogen) atoms. The van der Waals surface area contributed by atoms with Gasteiger partial charge < -0.3 is 33.3 Å². The minimum absolute atomic E-state index is 0.118. The molecule has 8 nitrogen and oxygen atoms in total. The van der Waals surface area contributed by atoms with Crippen molar-refractivity contribution in [3.8, 4) is 11.5 Å². The molecule has 1 amide bonds. The number of likely N-dealkylation sites (tertiary alicyclic amines) is 1. The molecule has 0 aromatic heterocycles. The Labute approximate surface area is 311 Å². The topological polar surface area (TPSA) is 75.7 Å². The normalized spacial score (nSPS) is 16.5. The SMILES string of the molecule is CC(C)(C)OC(=O)N1CCC(c2ccc(OCCCOCc3ccccc3)cc2)C(OCc2ccc3cc(OCOCC[Si](C)(C)C)ccc3c2)C1. The molecule has 4 aromatic carbocycles. The monoisotopic (exact) mass is 727 g/mol. The van der Waals surface area contributed by atoms with Crippen molar-refractivity contribution in [3.05, 3.63) is 108 Å². The van der Waals surface area contributed by atoms with Gasteiger partial charge in [-0.15, -0.1) is 0 Å². The van der Waals surface area contributed by atoms with Gasteiger partial charge in [0.1, 0.15) is 17.1 Å². The number of fused-ring (bicyclic) bond motifs is 1. The number of carbonyl (C=O) groups excluding carboxylic acids is 1. The number of hydrogen-bond acceptors (Lipinski definition) is 7. The first-order valence-corrected chi connectivity index (χ1v) is 22.3. The van der Waals surface area contributed by atoms with E-state index in [0.717, 1.165) is 53.3 Å². The van der Waals surface area contributed by atoms with Gasteiger partial charge in [0.25, 0.3) is 0 Å². The van der Waals surface area contributed by atoms with Gasteiger partial charge in [0, 0.05) is 33.6 Å². The van der Waals surface area contributed by atoms with Gasteiger partial charge in [-0.2, -0.15) is 0 Å². The Morgan fingerprint density at radius 1 is 0.769 bits per heavy atom. The molecule has 4 aromatic rings. The Hall–Kier alpha value is -3.89. The standard InChI is InChI=1S/C43H57NO7Si/c1-43(2,3)51-42(45)44-22-21-40(35-15-18-38(19-16-35)48-24-10-23-46-30-33-11-8-7-9-12-33)41(29-44)49-31-34-13-14-37-28-39(20-17-36(37)27-34)50-32-47-25-26-52(4,5)6/h7-9,11-20,27-28,40-41H,10,21-26,29-32H2,1-6H3. The van der Waals surface area contributed by atoms with E-state index in [9.17, 15) is 4.79 Å². The van der Waals surface area contributed by atoms with E-state index < -0.39 is 13.7 Å². The second-order valence-corrected chi connectivity index (χ2v) is 21.4. The Balaban J connectivity index is 1.16. The number of rotatable bonds is 17. The molecule has 0 saturated carbocycles. The minimum atomic E-state index is -1.12. The van der Waals surface area contributed by atoms with Crippen LogP contribution in [0.25, 0.3) is 10.8 Å². The van der Waals surface area contributed by atoms with Gasteiger partial charge in [-0.1, -0.05) is 80.3 Å². The van der Waals surface area contributed by atoms with Gasteiger partial charge >= 0.3 is 6.09 Å². The zero-order chi connectivity index (χ0) is 37.0. The van der Waals surface area contributed by atoms with Crippen LogP contribution in [0.5, 0.6) is 11.5 Å². The van der Waals surface area contributed by atoms with Crippen LogP contribution in [-0.4, -0.2) is 70.5 Å². The first-order valence-electron chi connectivity index (χ1n) is 18.6. The summed E-state index contributed by atoms with van der Waals surface area (Å²) in [6.07, 6.45) is 1.07. The predicted octanol–water partition coefficient (Wildman–Crippen LogP) is 9.83. The molecule has 0 N–H and O–H groups in total. The molecule has 1 saturated heterocycles. The van der Waals surface area contributed by atoms with E-state index in [2.05, 4.69) is 68.2 Å². The summed E-state index contributed by atoms with van der Waals surface area (Å²) in [5.74, 6) is 1.74. The molecule has 0 spiro atoms. The van der Waals surface area contributed by atoms with Crippen molar-refractivity contribution < 1.29 is 33.2 Å². The highest BCUT2D eigenvalue weighted by Gasteiger charge is 2.35. The van der Waals surface area contributed by atoms with Crippen molar-refractivity contribution in [1.29, 1.82) is 0 Å². The van der Waals surface area contributed by atoms with E-state index in [1.54, 1.807) is 4.90 Å². The van der Waals surface area contributed by atoms with Gasteiger partial charge in [0.05, 0.1) is 39.1 Å². The maximum Gasteiger partial charge on any atom is 0.410 e. The molecule has 0 radical (unpaired) electrons. The summed E-state index contributed by atoms with van der Waals surface area (Å²) in [5, 5.41) is 2.21. The Morgan fingerprint density at radius 3 is 2.25 bits per heavy atom. The average molecular weight is 728 g/mol. The Morgan fingerprint density at radius 2 is 1.50 bits per heavy atom. The lowest BCUT2D eigenvalue weighted by molar-refractivity contribution is -0.0359. The molecule has 1 aliphatic rings. The first-order chi connectivity index (χ1) is 24.9. The summed E-state index contributed by atoms with van der Waals surface area (Å²) >= 11 is 0. The maximum absolute atomic E-state index is 13.1. The molecule has 0 bridgehead atoms. The first kappa shape index (κ1) is 39.3. The number of benzene rings is 4. The van der Waals surface area contributed by atoms with Crippen LogP contribution in [-0.2, 0) is 32.2 Å². The van der Waals surface area contributed by atoms with Gasteiger partial charge in [0.15, 0.2) is 6.79 Å². The lowest BCUT2D eigenvalue weighted by atomic mass is 9.87. The van der Waals surface area contributed by atoms with Crippen molar-refractivity contribution in [1.82, 2.24) is 4.90 Å². The number of piperidine rings is 1. The van der Waals surface area contributed by atoms with E-state index in [1.165, 1.54) is 11.1 Å². The van der Waals surface area contributed by atoms with Crippen molar-refractivity contribution in [2.45, 2.75) is 90.1 Å². The highest BCUT2D eigenvalue weighted by molar-refractivity contribution is 6.76. The molecular weight excluding hydrogens is 671 g/mol. The fourth-order valence-corrected chi connectivity index (χ4v) is 6.85. The predicted molar refractivity (Wildman–Crippen MR) is 210 cm³/mol. The van der Waals surface area contributed by atoms with Gasteiger partial charge in [-0.3, -0.25) is 0 Å². The van der Waals surface area contributed by atoms with Crippen molar-refractivity contribution in [2.75, 3.05) is 39.7 Å². The fourth-order valence-electron chi connectivity index (χ4n) is 6.09. The highest BCUT2D eigenvalue weighted by Crippen LogP contribution is 2.33. The van der Waals surface area contributed by atoms with E-state index in [1.807, 2.05) is 63.2 Å². The quantitative estimate of drug-likeness (QED) is 0.0609. The maximum atomic E-state index is 13.1. The van der Waals surface area contributed by atoms with E-state index in [-0.39, 0.29) is 24.9 Å². The van der Waals surface area contributed by atoms with Crippen LogP contribution in [0.2, 0.25) is 25.7 Å². The van der Waals surface area contributed by atoms with Gasteiger partial charge in [-0.05, 0) is 91.0 Å². The average Bonchev–Trinajstić information content (AvgIpc) is 3.11. The summed E-state index contributed by atoms with van der Waals surface area (Å²) in [4.78, 5) is 14.9. The molecule has 2 unspecified atom stereocenters. The smallest absolute Gasteiger partial charge is 0.410 e. The van der Waals surface area contributed by atoms with Gasteiger partial charge in [0.2, 0.25) is 0 Å². The van der Waals surface area contributed by atoms with Crippen LogP contribution in [0.1, 0.15) is 56.2 Å². The fraction of sp³-hybridized carbons (Fsp3) is 0.465. The minimum Gasteiger partial charge on any atom is -0.494 e. The van der Waals surface area contributed by atoms with Gasteiger partial charge in [-0.25, -0.2) is 4.79 Å². The number of nitrogens with zero attached hydrogens (tertiary/aromatic N) is 1. The van der Waals surface area contributed by atoms with Crippen LogP contribution < -0.4 is 9.47 Å².